The van der Waals surface area contributed by atoms with Crippen LogP contribution in [0, 0.1) is 0 Å². The third-order valence-corrected chi connectivity index (χ3v) is 7.54. The van der Waals surface area contributed by atoms with Crippen molar-refractivity contribution in [3.8, 4) is 0 Å². The van der Waals surface area contributed by atoms with Crippen molar-refractivity contribution in [1.29, 1.82) is 0 Å². The van der Waals surface area contributed by atoms with Crippen LogP contribution in [0.3, 0.4) is 0 Å². The van der Waals surface area contributed by atoms with Gasteiger partial charge in [-0.2, -0.15) is 0 Å². The van der Waals surface area contributed by atoms with Crippen molar-refractivity contribution in [2.45, 2.75) is 81.8 Å². The Labute approximate surface area is 186 Å². The van der Waals surface area contributed by atoms with E-state index >= 15 is 0 Å². The van der Waals surface area contributed by atoms with Gasteiger partial charge in [-0.3, -0.25) is 9.59 Å². The maximum atomic E-state index is 13.3. The minimum atomic E-state index is -2.58. The molecule has 3 aliphatic rings. The van der Waals surface area contributed by atoms with E-state index < -0.39 is 5.92 Å². The first kappa shape index (κ1) is 23.4. The van der Waals surface area contributed by atoms with Crippen LogP contribution in [0.4, 0.5) is 8.78 Å². The summed E-state index contributed by atoms with van der Waals surface area (Å²) in [5.41, 5.74) is 0.641. The number of nitrogens with zero attached hydrogens (tertiary/aromatic N) is 1. The molecule has 0 unspecified atom stereocenters. The lowest BCUT2D eigenvalue weighted by Crippen LogP contribution is -2.45. The van der Waals surface area contributed by atoms with Crippen LogP contribution in [0.25, 0.3) is 0 Å². The normalized spacial score (nSPS) is 26.7. The molecule has 2 amide bonds. The lowest BCUT2D eigenvalue weighted by atomic mass is 9.92. The highest BCUT2D eigenvalue weighted by Crippen LogP contribution is 2.44. The van der Waals surface area contributed by atoms with Gasteiger partial charge in [0.1, 0.15) is 0 Å². The first-order valence-electron chi connectivity index (χ1n) is 10.6. The molecule has 1 aromatic rings. The van der Waals surface area contributed by atoms with Crippen molar-refractivity contribution in [2.24, 2.45) is 0 Å². The molecule has 2 saturated carbocycles. The number of thiophene rings is 1. The van der Waals surface area contributed by atoms with Crippen LogP contribution in [-0.4, -0.2) is 53.9 Å². The number of rotatable bonds is 5. The van der Waals surface area contributed by atoms with Crippen molar-refractivity contribution in [3.63, 3.8) is 0 Å². The van der Waals surface area contributed by atoms with Gasteiger partial charge in [-0.05, 0) is 38.2 Å². The molecule has 0 bridgehead atoms. The average Bonchev–Trinajstić information content (AvgIpc) is 3.26. The van der Waals surface area contributed by atoms with Crippen molar-refractivity contribution < 1.29 is 18.4 Å². The predicted octanol–water partition coefficient (Wildman–Crippen LogP) is 3.93. The number of carbonyl (C=O) groups excluding carboxylic acids is 2. The van der Waals surface area contributed by atoms with Gasteiger partial charge in [0.15, 0.2) is 0 Å². The van der Waals surface area contributed by atoms with Crippen molar-refractivity contribution >= 4 is 35.6 Å². The Morgan fingerprint density at radius 3 is 2.43 bits per heavy atom. The van der Waals surface area contributed by atoms with E-state index in [4.69, 9.17) is 0 Å². The van der Waals surface area contributed by atoms with Crippen LogP contribution in [0.2, 0.25) is 0 Å². The minimum absolute atomic E-state index is 0. The second-order valence-corrected chi connectivity index (χ2v) is 9.68. The molecule has 1 aromatic heterocycles. The number of hydrogen-bond acceptors (Lipinski definition) is 4. The summed E-state index contributed by atoms with van der Waals surface area (Å²) in [5, 5.41) is 8.51. The molecule has 2 atom stereocenters. The molecule has 9 heteroatoms. The number of alkyl halides is 2. The van der Waals surface area contributed by atoms with E-state index in [1.54, 1.807) is 18.3 Å². The van der Waals surface area contributed by atoms with Gasteiger partial charge in [-0.1, -0.05) is 0 Å². The Morgan fingerprint density at radius 2 is 1.80 bits per heavy atom. The molecule has 0 aromatic carbocycles. The molecule has 0 spiro atoms. The van der Waals surface area contributed by atoms with E-state index in [0.29, 0.717) is 36.4 Å². The lowest BCUT2D eigenvalue weighted by molar-refractivity contribution is -0.129. The van der Waals surface area contributed by atoms with Crippen LogP contribution in [0.15, 0.2) is 11.4 Å². The van der Waals surface area contributed by atoms with Crippen molar-refractivity contribution in [1.82, 2.24) is 15.5 Å². The van der Waals surface area contributed by atoms with E-state index in [1.165, 1.54) is 4.88 Å². The van der Waals surface area contributed by atoms with Gasteiger partial charge in [-0.15, -0.1) is 23.7 Å². The van der Waals surface area contributed by atoms with Gasteiger partial charge < -0.3 is 15.5 Å². The average molecular weight is 462 g/mol. The summed E-state index contributed by atoms with van der Waals surface area (Å²) in [7, 11) is 0. The summed E-state index contributed by atoms with van der Waals surface area (Å²) in [6, 6.07) is 2.70. The fourth-order valence-corrected chi connectivity index (χ4v) is 5.55. The number of piperidine rings is 1. The van der Waals surface area contributed by atoms with E-state index in [1.807, 2.05) is 16.3 Å². The smallest absolute Gasteiger partial charge is 0.252 e. The maximum Gasteiger partial charge on any atom is 0.252 e. The number of hydrogen-bond donors (Lipinski definition) is 2. The number of nitrogens with one attached hydrogen (secondary N) is 2. The molecule has 3 fully saturated rings. The molecular formula is C21H30ClF2N3O2S. The minimum Gasteiger partial charge on any atom is -0.349 e. The Balaban J connectivity index is 0.00000256. The molecule has 0 radical (unpaired) electrons. The van der Waals surface area contributed by atoms with Crippen LogP contribution in [0.1, 0.15) is 73.0 Å². The second kappa shape index (κ2) is 9.49. The molecule has 30 heavy (non-hydrogen) atoms. The van der Waals surface area contributed by atoms with Crippen molar-refractivity contribution in [2.75, 3.05) is 13.1 Å². The molecule has 2 aliphatic carbocycles. The largest absolute Gasteiger partial charge is 0.349 e. The maximum absolute atomic E-state index is 13.3. The zero-order valence-corrected chi connectivity index (χ0v) is 18.8. The molecule has 2 heterocycles. The molecule has 1 saturated heterocycles. The zero-order valence-electron chi connectivity index (χ0n) is 17.2. The quantitative estimate of drug-likeness (QED) is 0.698. The molecule has 168 valence electrons. The van der Waals surface area contributed by atoms with Gasteiger partial charge in [0.2, 0.25) is 11.8 Å². The number of likely N-dealkylation sites (tertiary alicyclic amines) is 1. The van der Waals surface area contributed by atoms with Crippen LogP contribution in [-0.2, 0) is 4.79 Å². The number of halogens is 3. The van der Waals surface area contributed by atoms with Gasteiger partial charge in [-0.25, -0.2) is 8.78 Å². The Morgan fingerprint density at radius 1 is 1.13 bits per heavy atom. The topological polar surface area (TPSA) is 61.4 Å². The summed E-state index contributed by atoms with van der Waals surface area (Å²) in [5.74, 6) is -2.13. The van der Waals surface area contributed by atoms with Crippen LogP contribution in [0.5, 0.6) is 0 Å². The first-order chi connectivity index (χ1) is 13.8. The van der Waals surface area contributed by atoms with Gasteiger partial charge in [0, 0.05) is 67.2 Å². The third-order valence-electron chi connectivity index (χ3n) is 6.48. The fraction of sp³-hybridized carbons (Fsp3) is 0.714. The zero-order chi connectivity index (χ0) is 20.6. The van der Waals surface area contributed by atoms with Crippen LogP contribution >= 0.6 is 23.7 Å². The molecule has 4 rings (SSSR count). The predicted molar refractivity (Wildman–Crippen MR) is 116 cm³/mol. The molecular weight excluding hydrogens is 432 g/mol. The summed E-state index contributed by atoms with van der Waals surface area (Å²) in [6.07, 6.45) is 3.44. The highest BCUT2D eigenvalue weighted by atomic mass is 35.5. The number of amides is 2. The molecule has 2 N–H and O–H groups in total. The van der Waals surface area contributed by atoms with Crippen molar-refractivity contribution in [3.05, 3.63) is 21.9 Å². The second-order valence-electron chi connectivity index (χ2n) is 8.74. The highest BCUT2D eigenvalue weighted by Gasteiger charge is 2.41. The summed E-state index contributed by atoms with van der Waals surface area (Å²) in [4.78, 5) is 27.0. The fourth-order valence-electron chi connectivity index (χ4n) is 4.48. The van der Waals surface area contributed by atoms with E-state index in [0.717, 1.165) is 32.4 Å². The SMILES string of the molecule is CC(=O)N1CCC(N[C@@H]2C[C@H]2c2cc(C(=O)NC3CCC(F)(F)CC3)cs2)CC1.Cl. The third kappa shape index (κ3) is 5.71. The van der Waals surface area contributed by atoms with Gasteiger partial charge in [0.25, 0.3) is 5.91 Å². The van der Waals surface area contributed by atoms with E-state index in [9.17, 15) is 18.4 Å². The summed E-state index contributed by atoms with van der Waals surface area (Å²) < 4.78 is 26.5. The standard InChI is InChI=1S/C21H29F2N3O2S.ClH/c1-13(27)26-8-4-16(5-9-26)24-18-11-17(18)19-10-14(12-29-19)20(28)25-15-2-6-21(22,23)7-3-15;/h10,12,15-18,24H,2-9,11H2,1H3,(H,25,28);1H/t17-,18-;/m1./s1. The van der Waals surface area contributed by atoms with Gasteiger partial charge in [0.05, 0.1) is 5.56 Å². The first-order valence-corrected chi connectivity index (χ1v) is 11.5. The molecule has 5 nitrogen and oxygen atoms in total. The van der Waals surface area contributed by atoms with Crippen LogP contribution < -0.4 is 10.6 Å². The molecule has 1 aliphatic heterocycles. The lowest BCUT2D eigenvalue weighted by Gasteiger charge is -2.32. The highest BCUT2D eigenvalue weighted by molar-refractivity contribution is 7.10. The van der Waals surface area contributed by atoms with E-state index in [2.05, 4.69) is 10.6 Å². The Kier molecular flexibility index (Phi) is 7.40. The monoisotopic (exact) mass is 461 g/mol. The van der Waals surface area contributed by atoms with E-state index in [-0.39, 0.29) is 43.1 Å². The Bertz CT molecular complexity index is 757. The van der Waals surface area contributed by atoms with Gasteiger partial charge >= 0.3 is 0 Å². The Hall–Kier alpha value is -1.25. The summed E-state index contributed by atoms with van der Waals surface area (Å²) in [6.45, 7) is 3.26. The number of carbonyl (C=O) groups is 2. The summed E-state index contributed by atoms with van der Waals surface area (Å²) >= 11 is 1.61.